The lowest BCUT2D eigenvalue weighted by Gasteiger charge is -2.36. The first-order valence-corrected chi connectivity index (χ1v) is 5.10. The molecule has 0 bridgehead atoms. The Morgan fingerprint density at radius 3 is 2.12 bits per heavy atom. The Morgan fingerprint density at radius 1 is 1.12 bits per heavy atom. The first kappa shape index (κ1) is 12.9. The van der Waals surface area contributed by atoms with Crippen LogP contribution in [0.3, 0.4) is 0 Å². The smallest absolute Gasteiger partial charge is 0.448 e. The van der Waals surface area contributed by atoms with E-state index in [1.807, 2.05) is 6.92 Å². The molecule has 0 saturated carbocycles. The predicted octanol–water partition coefficient (Wildman–Crippen LogP) is 0.454. The number of nitrogens with zero attached hydrogens (tertiary/aromatic N) is 2. The van der Waals surface area contributed by atoms with Crippen molar-refractivity contribution in [2.24, 2.45) is 0 Å². The molecule has 0 unspecified atom stereocenters. The van der Waals surface area contributed by atoms with Crippen LogP contribution in [0.4, 0.5) is 12.9 Å². The SMILES string of the molecule is CCCN1CC(=O)N(C[B-](F)(F)F)CC1=O. The molecule has 0 spiro atoms. The van der Waals surface area contributed by atoms with Crippen molar-refractivity contribution in [2.45, 2.75) is 13.3 Å². The van der Waals surface area contributed by atoms with Crippen LogP contribution < -0.4 is 0 Å². The third-order valence-electron chi connectivity index (χ3n) is 2.28. The minimum absolute atomic E-state index is 0.237. The number of amides is 2. The third kappa shape index (κ3) is 3.43. The van der Waals surface area contributed by atoms with Crippen LogP contribution in [0, 0.1) is 0 Å². The second kappa shape index (κ2) is 4.75. The largest absolute Gasteiger partial charge is 0.497 e. The molecule has 1 saturated heterocycles. The summed E-state index contributed by atoms with van der Waals surface area (Å²) in [6.07, 6.45) is -0.604. The highest BCUT2D eigenvalue weighted by molar-refractivity contribution is 6.58. The molecule has 1 heterocycles. The molecule has 8 heteroatoms. The van der Waals surface area contributed by atoms with Crippen molar-refractivity contribution in [1.29, 1.82) is 0 Å². The van der Waals surface area contributed by atoms with Crippen molar-refractivity contribution >= 4 is 18.8 Å². The maximum Gasteiger partial charge on any atom is 0.497 e. The summed E-state index contributed by atoms with van der Waals surface area (Å²) >= 11 is 0. The molecule has 16 heavy (non-hydrogen) atoms. The van der Waals surface area contributed by atoms with Crippen LogP contribution in [-0.2, 0) is 9.59 Å². The van der Waals surface area contributed by atoms with E-state index in [0.717, 1.165) is 0 Å². The molecular weight excluding hydrogens is 224 g/mol. The lowest BCUT2D eigenvalue weighted by Crippen LogP contribution is -2.56. The lowest BCUT2D eigenvalue weighted by molar-refractivity contribution is -0.149. The summed E-state index contributed by atoms with van der Waals surface area (Å²) < 4.78 is 36.4. The van der Waals surface area contributed by atoms with E-state index in [0.29, 0.717) is 17.9 Å². The van der Waals surface area contributed by atoms with Crippen LogP contribution in [0.5, 0.6) is 0 Å². The molecular formula is C8H13BF3N2O2-. The Bertz CT molecular complexity index is 295. The zero-order chi connectivity index (χ0) is 12.3. The number of piperazine rings is 1. The van der Waals surface area contributed by atoms with E-state index in [9.17, 15) is 22.5 Å². The van der Waals surface area contributed by atoms with Gasteiger partial charge in [0.25, 0.3) is 0 Å². The molecule has 0 aliphatic carbocycles. The van der Waals surface area contributed by atoms with Gasteiger partial charge in [0.05, 0.1) is 13.1 Å². The number of hydrogen-bond acceptors (Lipinski definition) is 2. The van der Waals surface area contributed by atoms with Crippen molar-refractivity contribution in [2.75, 3.05) is 26.1 Å². The maximum atomic E-state index is 12.1. The minimum Gasteiger partial charge on any atom is -0.448 e. The van der Waals surface area contributed by atoms with Crippen molar-refractivity contribution < 1.29 is 22.5 Å². The highest BCUT2D eigenvalue weighted by Crippen LogP contribution is 2.13. The van der Waals surface area contributed by atoms with Gasteiger partial charge in [0.1, 0.15) is 0 Å². The number of carbonyl (C=O) groups excluding carboxylic acids is 2. The van der Waals surface area contributed by atoms with Gasteiger partial charge in [0.15, 0.2) is 0 Å². The van der Waals surface area contributed by atoms with E-state index < -0.39 is 31.8 Å². The van der Waals surface area contributed by atoms with Gasteiger partial charge in [-0.25, -0.2) is 0 Å². The van der Waals surface area contributed by atoms with Crippen LogP contribution in [0.1, 0.15) is 13.3 Å². The van der Waals surface area contributed by atoms with Crippen molar-refractivity contribution in [3.8, 4) is 0 Å². The second-order valence-corrected chi connectivity index (χ2v) is 3.80. The van der Waals surface area contributed by atoms with E-state index in [2.05, 4.69) is 0 Å². The Kier molecular flexibility index (Phi) is 3.82. The number of carbonyl (C=O) groups is 2. The van der Waals surface area contributed by atoms with Gasteiger partial charge in [-0.05, 0) is 12.9 Å². The van der Waals surface area contributed by atoms with E-state index in [1.165, 1.54) is 4.90 Å². The topological polar surface area (TPSA) is 40.6 Å². The van der Waals surface area contributed by atoms with Crippen LogP contribution in [0.2, 0.25) is 0 Å². The number of halogens is 3. The Balaban J connectivity index is 2.60. The third-order valence-corrected chi connectivity index (χ3v) is 2.28. The maximum absolute atomic E-state index is 12.1. The Labute approximate surface area is 91.4 Å². The summed E-state index contributed by atoms with van der Waals surface area (Å²) in [6.45, 7) is -3.52. The second-order valence-electron chi connectivity index (χ2n) is 3.80. The van der Waals surface area contributed by atoms with Crippen LogP contribution in [-0.4, -0.2) is 54.7 Å². The molecule has 0 radical (unpaired) electrons. The first-order valence-electron chi connectivity index (χ1n) is 5.10. The number of hydrogen-bond donors (Lipinski definition) is 0. The fourth-order valence-corrected chi connectivity index (χ4v) is 1.59. The Hall–Kier alpha value is -1.21. The van der Waals surface area contributed by atoms with Gasteiger partial charge in [-0.2, -0.15) is 0 Å². The van der Waals surface area contributed by atoms with Crippen LogP contribution in [0.25, 0.3) is 0 Å². The predicted molar refractivity (Wildman–Crippen MR) is 52.5 cm³/mol. The van der Waals surface area contributed by atoms with Gasteiger partial charge in [-0.3, -0.25) is 9.59 Å². The van der Waals surface area contributed by atoms with E-state index >= 15 is 0 Å². The van der Waals surface area contributed by atoms with Crippen molar-refractivity contribution in [3.63, 3.8) is 0 Å². The monoisotopic (exact) mass is 237 g/mol. The molecule has 0 atom stereocenters. The molecule has 4 nitrogen and oxygen atoms in total. The van der Waals surface area contributed by atoms with Crippen LogP contribution >= 0.6 is 0 Å². The zero-order valence-corrected chi connectivity index (χ0v) is 8.96. The fourth-order valence-electron chi connectivity index (χ4n) is 1.59. The summed E-state index contributed by atoms with van der Waals surface area (Å²) in [7, 11) is 0. The van der Waals surface area contributed by atoms with Gasteiger partial charge in [-0.15, -0.1) is 0 Å². The molecule has 0 aromatic heterocycles. The Morgan fingerprint density at radius 2 is 1.62 bits per heavy atom. The fraction of sp³-hybridized carbons (Fsp3) is 0.750. The van der Waals surface area contributed by atoms with E-state index in [-0.39, 0.29) is 6.54 Å². The molecule has 0 N–H and O–H groups in total. The normalized spacial score (nSPS) is 18.2. The summed E-state index contributed by atoms with van der Waals surface area (Å²) in [5.41, 5.74) is 0. The van der Waals surface area contributed by atoms with E-state index in [1.54, 1.807) is 0 Å². The molecule has 0 aromatic carbocycles. The highest BCUT2D eigenvalue weighted by atomic mass is 19.4. The average Bonchev–Trinajstić information content (AvgIpc) is 2.11. The quantitative estimate of drug-likeness (QED) is 0.666. The summed E-state index contributed by atoms with van der Waals surface area (Å²) in [5.74, 6) is -1.05. The molecule has 1 aliphatic rings. The minimum atomic E-state index is -5.07. The van der Waals surface area contributed by atoms with Gasteiger partial charge >= 0.3 is 6.98 Å². The summed E-state index contributed by atoms with van der Waals surface area (Å²) in [4.78, 5) is 24.6. The van der Waals surface area contributed by atoms with Gasteiger partial charge in [0, 0.05) is 6.54 Å². The highest BCUT2D eigenvalue weighted by Gasteiger charge is 2.34. The molecule has 2 amide bonds. The van der Waals surface area contributed by atoms with Crippen molar-refractivity contribution in [3.05, 3.63) is 0 Å². The standard InChI is InChI=1S/C8H13BF3N2O2/c1-2-3-13-4-8(16)14(5-7(13)15)6-9(10,11)12/h2-6H2,1H3/q-1. The molecule has 1 rings (SSSR count). The first-order chi connectivity index (χ1) is 7.33. The molecule has 1 fully saturated rings. The van der Waals surface area contributed by atoms with Crippen molar-refractivity contribution in [1.82, 2.24) is 9.80 Å². The lowest BCUT2D eigenvalue weighted by atomic mass is 9.91. The molecule has 1 aliphatic heterocycles. The summed E-state index contributed by atoms with van der Waals surface area (Å²) in [5, 5.41) is 0. The summed E-state index contributed by atoms with van der Waals surface area (Å²) in [6, 6.07) is 0. The van der Waals surface area contributed by atoms with Crippen LogP contribution in [0.15, 0.2) is 0 Å². The van der Waals surface area contributed by atoms with Gasteiger partial charge in [0.2, 0.25) is 11.8 Å². The van der Waals surface area contributed by atoms with Gasteiger partial charge < -0.3 is 22.7 Å². The average molecular weight is 237 g/mol. The van der Waals surface area contributed by atoms with Gasteiger partial charge in [-0.1, -0.05) is 6.92 Å². The molecule has 0 aromatic rings. The number of rotatable bonds is 4. The zero-order valence-electron chi connectivity index (χ0n) is 8.96. The van der Waals surface area contributed by atoms with E-state index in [4.69, 9.17) is 0 Å². The molecule has 92 valence electrons.